The predicted molar refractivity (Wildman–Crippen MR) is 157 cm³/mol. The number of amides is 1. The third-order valence-electron chi connectivity index (χ3n) is 6.98. The molecule has 2 N–H and O–H groups in total. The Balaban J connectivity index is 1.76. The molecule has 1 amide bonds. The number of fused-ring (bicyclic) bond motifs is 1. The van der Waals surface area contributed by atoms with E-state index in [4.69, 9.17) is 25.8 Å². The number of unbranched alkanes of at least 4 members (excludes halogenated alkanes) is 2. The molecular formula is C31H40ClN3O5. The number of aromatic hydroxyl groups is 1. The quantitative estimate of drug-likeness (QED) is 0.201. The van der Waals surface area contributed by atoms with Gasteiger partial charge in [0.1, 0.15) is 17.1 Å². The lowest BCUT2D eigenvalue weighted by Gasteiger charge is -2.27. The Kier molecular flexibility index (Phi) is 9.98. The molecule has 9 heteroatoms. The second kappa shape index (κ2) is 13.4. The van der Waals surface area contributed by atoms with E-state index in [1.54, 1.807) is 12.1 Å². The molecular weight excluding hydrogens is 530 g/mol. The number of aromatic nitrogens is 2. The van der Waals surface area contributed by atoms with Crippen LogP contribution in [0.2, 0.25) is 5.02 Å². The average molecular weight is 570 g/mol. The van der Waals surface area contributed by atoms with Crippen molar-refractivity contribution in [3.63, 3.8) is 0 Å². The Bertz CT molecular complexity index is 1320. The number of carbonyl (C=O) groups excluding carboxylic acids is 1. The summed E-state index contributed by atoms with van der Waals surface area (Å²) in [5, 5.41) is 18.8. The smallest absolute Gasteiger partial charge is 0.273 e. The minimum absolute atomic E-state index is 0.0528. The average Bonchev–Trinajstić information content (AvgIpc) is 3.46. The van der Waals surface area contributed by atoms with Crippen LogP contribution in [-0.4, -0.2) is 58.6 Å². The van der Waals surface area contributed by atoms with Crippen molar-refractivity contribution >= 4 is 17.5 Å². The van der Waals surface area contributed by atoms with Gasteiger partial charge in [0.15, 0.2) is 11.5 Å². The lowest BCUT2D eigenvalue weighted by Crippen LogP contribution is -2.31. The molecule has 1 atom stereocenters. The number of benzene rings is 2. The molecule has 0 aliphatic carbocycles. The highest BCUT2D eigenvalue weighted by atomic mass is 35.5. The molecule has 1 aliphatic heterocycles. The fourth-order valence-electron chi connectivity index (χ4n) is 5.01. The number of nitrogens with zero attached hydrogens (tertiary/aromatic N) is 2. The lowest BCUT2D eigenvalue weighted by atomic mass is 9.95. The topological polar surface area (TPSA) is 96.9 Å². The third-order valence-corrected chi connectivity index (χ3v) is 7.39. The molecule has 216 valence electrons. The van der Waals surface area contributed by atoms with Gasteiger partial charge in [-0.25, -0.2) is 0 Å². The van der Waals surface area contributed by atoms with Gasteiger partial charge >= 0.3 is 0 Å². The molecule has 0 saturated heterocycles. The molecule has 1 aromatic heterocycles. The summed E-state index contributed by atoms with van der Waals surface area (Å²) < 4.78 is 17.8. The molecule has 1 aliphatic rings. The molecule has 0 spiro atoms. The van der Waals surface area contributed by atoms with Crippen LogP contribution in [0.15, 0.2) is 30.3 Å². The Morgan fingerprint density at radius 3 is 2.60 bits per heavy atom. The Hall–Kier alpha value is -3.23. The van der Waals surface area contributed by atoms with Gasteiger partial charge in [0.2, 0.25) is 0 Å². The van der Waals surface area contributed by atoms with Crippen LogP contribution in [0.5, 0.6) is 17.2 Å². The first-order valence-electron chi connectivity index (χ1n) is 14.2. The monoisotopic (exact) mass is 569 g/mol. The second-order valence-corrected chi connectivity index (χ2v) is 10.8. The predicted octanol–water partition coefficient (Wildman–Crippen LogP) is 7.07. The van der Waals surface area contributed by atoms with Crippen molar-refractivity contribution in [3.05, 3.63) is 57.7 Å². The van der Waals surface area contributed by atoms with Gasteiger partial charge in [0.05, 0.1) is 25.4 Å². The summed E-state index contributed by atoms with van der Waals surface area (Å²) in [7, 11) is 0. The van der Waals surface area contributed by atoms with Crippen LogP contribution in [0.4, 0.5) is 0 Å². The maximum absolute atomic E-state index is 13.7. The number of hydrogen-bond donors (Lipinski definition) is 2. The maximum atomic E-state index is 13.7. The molecule has 0 saturated carbocycles. The van der Waals surface area contributed by atoms with Gasteiger partial charge in [-0.3, -0.25) is 9.89 Å². The van der Waals surface area contributed by atoms with Crippen molar-refractivity contribution in [1.82, 2.24) is 15.1 Å². The molecule has 0 fully saturated rings. The van der Waals surface area contributed by atoms with Crippen molar-refractivity contribution in [1.29, 1.82) is 0 Å². The van der Waals surface area contributed by atoms with Crippen LogP contribution in [0, 0.1) is 6.92 Å². The minimum atomic E-state index is -0.455. The number of aryl methyl sites for hydroxylation is 1. The van der Waals surface area contributed by atoms with E-state index < -0.39 is 6.04 Å². The van der Waals surface area contributed by atoms with E-state index in [0.29, 0.717) is 71.8 Å². The molecule has 2 heterocycles. The molecule has 8 nitrogen and oxygen atoms in total. The summed E-state index contributed by atoms with van der Waals surface area (Å²) in [5.41, 5.74) is 3.68. The number of nitrogens with one attached hydrogen (secondary N) is 1. The van der Waals surface area contributed by atoms with Crippen LogP contribution in [0.3, 0.4) is 0 Å². The van der Waals surface area contributed by atoms with E-state index in [2.05, 4.69) is 17.1 Å². The molecule has 0 bridgehead atoms. The first-order valence-corrected chi connectivity index (χ1v) is 14.5. The van der Waals surface area contributed by atoms with E-state index in [-0.39, 0.29) is 17.8 Å². The molecule has 0 radical (unpaired) electrons. The van der Waals surface area contributed by atoms with E-state index in [0.717, 1.165) is 30.4 Å². The fraction of sp³-hybridized carbons (Fsp3) is 0.484. The SMILES string of the molecule is CCCCCOc1ccc(C2c3c(-c4cc(Cl)c(C)cc4O)n[nH]c3C(=O)N2CCCOC(C)C)cc1OCC. The number of aromatic amines is 1. The minimum Gasteiger partial charge on any atom is -0.507 e. The van der Waals surface area contributed by atoms with E-state index >= 15 is 0 Å². The number of halogens is 1. The summed E-state index contributed by atoms with van der Waals surface area (Å²) in [6.45, 7) is 12.0. The van der Waals surface area contributed by atoms with Gasteiger partial charge in [0.25, 0.3) is 5.91 Å². The standard InChI is InChI=1S/C31H40ClN3O5/c1-6-8-9-14-40-25-12-11-21(17-26(25)38-7-2)30-27-28(22-18-23(32)20(5)16-24(22)36)33-34-29(27)31(37)35(30)13-10-15-39-19(3)4/h11-12,16-19,30,36H,6-10,13-15H2,1-5H3,(H,33,34). The van der Waals surface area contributed by atoms with Crippen LogP contribution >= 0.6 is 11.6 Å². The zero-order valence-electron chi connectivity index (χ0n) is 24.1. The van der Waals surface area contributed by atoms with Crippen LogP contribution in [0.1, 0.15) is 86.6 Å². The Labute approximate surface area is 241 Å². The Morgan fingerprint density at radius 2 is 1.88 bits per heavy atom. The maximum Gasteiger partial charge on any atom is 0.273 e. The van der Waals surface area contributed by atoms with Crippen molar-refractivity contribution < 1.29 is 24.1 Å². The molecule has 1 unspecified atom stereocenters. The molecule has 2 aromatic carbocycles. The largest absolute Gasteiger partial charge is 0.507 e. The van der Waals surface area contributed by atoms with Gasteiger partial charge < -0.3 is 24.2 Å². The van der Waals surface area contributed by atoms with Gasteiger partial charge in [-0.15, -0.1) is 0 Å². The van der Waals surface area contributed by atoms with Crippen molar-refractivity contribution in [2.45, 2.75) is 72.4 Å². The number of phenols is 1. The molecule has 3 aromatic rings. The third kappa shape index (κ3) is 6.39. The van der Waals surface area contributed by atoms with Gasteiger partial charge in [-0.2, -0.15) is 5.10 Å². The summed E-state index contributed by atoms with van der Waals surface area (Å²) in [6, 6.07) is 8.69. The first kappa shape index (κ1) is 29.7. The van der Waals surface area contributed by atoms with Crippen molar-refractivity contribution in [3.8, 4) is 28.5 Å². The fourth-order valence-corrected chi connectivity index (χ4v) is 5.17. The number of phenolic OH excluding ortho intramolecular Hbond substituents is 1. The highest BCUT2D eigenvalue weighted by Crippen LogP contribution is 2.46. The van der Waals surface area contributed by atoms with Crippen molar-refractivity contribution in [2.75, 3.05) is 26.4 Å². The first-order chi connectivity index (χ1) is 19.3. The number of carbonyl (C=O) groups is 1. The molecule has 4 rings (SSSR count). The summed E-state index contributed by atoms with van der Waals surface area (Å²) in [5.74, 6) is 1.21. The number of hydrogen-bond acceptors (Lipinski definition) is 6. The second-order valence-electron chi connectivity index (χ2n) is 10.3. The molecule has 40 heavy (non-hydrogen) atoms. The zero-order chi connectivity index (χ0) is 28.8. The number of H-pyrrole nitrogens is 1. The van der Waals surface area contributed by atoms with E-state index in [9.17, 15) is 9.90 Å². The zero-order valence-corrected chi connectivity index (χ0v) is 24.8. The number of rotatable bonds is 14. The Morgan fingerprint density at radius 1 is 1.07 bits per heavy atom. The highest BCUT2D eigenvalue weighted by molar-refractivity contribution is 6.31. The van der Waals surface area contributed by atoms with Crippen LogP contribution < -0.4 is 9.47 Å². The summed E-state index contributed by atoms with van der Waals surface area (Å²) in [6.07, 6.45) is 3.97. The lowest BCUT2D eigenvalue weighted by molar-refractivity contribution is 0.0601. The van der Waals surface area contributed by atoms with Gasteiger partial charge in [-0.1, -0.05) is 37.4 Å². The normalized spacial score (nSPS) is 14.7. The van der Waals surface area contributed by atoms with Crippen LogP contribution in [-0.2, 0) is 4.74 Å². The van der Waals surface area contributed by atoms with Crippen molar-refractivity contribution in [2.24, 2.45) is 0 Å². The van der Waals surface area contributed by atoms with Crippen LogP contribution in [0.25, 0.3) is 11.3 Å². The van der Waals surface area contributed by atoms with E-state index in [1.807, 2.05) is 50.8 Å². The summed E-state index contributed by atoms with van der Waals surface area (Å²) in [4.78, 5) is 15.5. The summed E-state index contributed by atoms with van der Waals surface area (Å²) >= 11 is 6.44. The van der Waals surface area contributed by atoms with Gasteiger partial charge in [-0.05, 0) is 75.9 Å². The van der Waals surface area contributed by atoms with E-state index in [1.165, 1.54) is 0 Å². The van der Waals surface area contributed by atoms with Gasteiger partial charge in [0, 0.05) is 29.3 Å². The highest BCUT2D eigenvalue weighted by Gasteiger charge is 2.42. The number of ether oxygens (including phenoxy) is 3.